The maximum atomic E-state index is 7.44. The fourth-order valence-corrected chi connectivity index (χ4v) is 0.977. The van der Waals surface area contributed by atoms with Gasteiger partial charge in [-0.15, -0.1) is 0 Å². The van der Waals surface area contributed by atoms with Gasteiger partial charge in [0.05, 0.1) is 0 Å². The van der Waals surface area contributed by atoms with Gasteiger partial charge in [-0.3, -0.25) is 0 Å². The molecule has 0 amide bonds. The highest BCUT2D eigenvalue weighted by atomic mass is 14.9. The summed E-state index contributed by atoms with van der Waals surface area (Å²) in [5.74, 6) is 0.676. The molecule has 1 heterocycles. The molecular formula is C9H8N2. The summed E-state index contributed by atoms with van der Waals surface area (Å²) in [6.45, 7) is 0. The van der Waals surface area contributed by atoms with E-state index in [0.717, 1.165) is 5.56 Å². The summed E-state index contributed by atoms with van der Waals surface area (Å²) in [5.41, 5.74) is 0.970. The van der Waals surface area contributed by atoms with E-state index < -0.39 is 0 Å². The van der Waals surface area contributed by atoms with Crippen LogP contribution in [0.25, 0.3) is 11.4 Å². The van der Waals surface area contributed by atoms with Crippen LogP contribution in [-0.4, -0.2) is 9.96 Å². The van der Waals surface area contributed by atoms with Crippen LogP contribution in [0.3, 0.4) is 0 Å². The zero-order chi connectivity index (χ0) is 8.39. The molecule has 0 aliphatic carbocycles. The predicted octanol–water partition coefficient (Wildman–Crippen LogP) is 2.08. The van der Waals surface area contributed by atoms with Crippen molar-refractivity contribution in [2.24, 2.45) is 0 Å². The molecule has 0 aliphatic rings. The third-order valence-electron chi connectivity index (χ3n) is 1.49. The summed E-state index contributed by atoms with van der Waals surface area (Å²) >= 11 is 0. The maximum Gasteiger partial charge on any atom is 0.168 e. The molecule has 2 rings (SSSR count). The molecule has 0 fully saturated rings. The van der Waals surface area contributed by atoms with Gasteiger partial charge < -0.3 is 4.98 Å². The van der Waals surface area contributed by atoms with E-state index in [0.29, 0.717) is 5.82 Å². The van der Waals surface area contributed by atoms with Crippen LogP contribution in [0.15, 0.2) is 42.7 Å². The van der Waals surface area contributed by atoms with Crippen LogP contribution in [-0.2, 0) is 0 Å². The van der Waals surface area contributed by atoms with Gasteiger partial charge in [-0.1, -0.05) is 30.3 Å². The van der Waals surface area contributed by atoms with Gasteiger partial charge in [0, 0.05) is 18.0 Å². The lowest BCUT2D eigenvalue weighted by Gasteiger charge is -1.92. The topological polar surface area (TPSA) is 28.7 Å². The quantitative estimate of drug-likeness (QED) is 0.653. The van der Waals surface area contributed by atoms with Crippen LogP contribution in [0.1, 0.15) is 0 Å². The van der Waals surface area contributed by atoms with E-state index in [4.69, 9.17) is 1.41 Å². The Morgan fingerprint density at radius 1 is 1.27 bits per heavy atom. The number of hydrogen-bond donors (Lipinski definition) is 1. The first kappa shape index (κ1) is 5.13. The first-order valence-corrected chi connectivity index (χ1v) is 3.46. The summed E-state index contributed by atoms with van der Waals surface area (Å²) in [6.07, 6.45) is 3.23. The van der Waals surface area contributed by atoms with Gasteiger partial charge in [0.2, 0.25) is 0 Å². The van der Waals surface area contributed by atoms with E-state index >= 15 is 0 Å². The van der Waals surface area contributed by atoms with E-state index in [1.54, 1.807) is 12.4 Å². The number of rotatable bonds is 1. The number of aromatic nitrogens is 2. The Morgan fingerprint density at radius 3 is 2.73 bits per heavy atom. The minimum absolute atomic E-state index is 0.676. The van der Waals surface area contributed by atoms with Crippen LogP contribution in [0, 0.1) is 0 Å². The van der Waals surface area contributed by atoms with Gasteiger partial charge in [0.1, 0.15) is 5.82 Å². The van der Waals surface area contributed by atoms with E-state index in [1.807, 2.05) is 30.3 Å². The standard InChI is InChI=1S/C9H8N2/c1-2-4-8(5-3-1)9-10-6-7-11-9/h1-7H,(H,10,11)/i/hD. The van der Waals surface area contributed by atoms with Crippen LogP contribution < -0.4 is 0 Å². The van der Waals surface area contributed by atoms with E-state index in [1.165, 1.54) is 4.98 Å². The van der Waals surface area contributed by atoms with E-state index in [2.05, 4.69) is 4.98 Å². The van der Waals surface area contributed by atoms with Gasteiger partial charge >= 0.3 is 0 Å². The summed E-state index contributed by atoms with van der Waals surface area (Å²) < 4.78 is 7.44. The second-order valence-electron chi connectivity index (χ2n) is 2.25. The lowest BCUT2D eigenvalue weighted by Crippen LogP contribution is -1.77. The second-order valence-corrected chi connectivity index (χ2v) is 2.25. The Morgan fingerprint density at radius 2 is 2.09 bits per heavy atom. The number of H-pyrrole nitrogens is 1. The van der Waals surface area contributed by atoms with Crippen molar-refractivity contribution in [1.82, 2.24) is 9.96 Å². The van der Waals surface area contributed by atoms with Gasteiger partial charge in [0.25, 0.3) is 0 Å². The van der Waals surface area contributed by atoms with Crippen molar-refractivity contribution in [3.8, 4) is 11.4 Å². The third kappa shape index (κ3) is 1.15. The molecule has 1 N–H and O–H groups in total. The Labute approximate surface area is 66.4 Å². The summed E-state index contributed by atoms with van der Waals surface area (Å²) in [5, 5.41) is 0. The maximum absolute atomic E-state index is 7.44. The molecule has 0 saturated carbocycles. The minimum atomic E-state index is 0.676. The molecule has 11 heavy (non-hydrogen) atoms. The SMILES string of the molecule is [2H]n1ccnc1-c1ccccc1. The number of nitrogens with zero attached hydrogens (tertiary/aromatic N) is 1. The molecule has 0 unspecified atom stereocenters. The molecule has 0 radical (unpaired) electrons. The van der Waals surface area contributed by atoms with Crippen molar-refractivity contribution in [2.45, 2.75) is 0 Å². The van der Waals surface area contributed by atoms with Crippen molar-refractivity contribution in [3.63, 3.8) is 0 Å². The molecule has 2 aromatic rings. The zero-order valence-corrected chi connectivity index (χ0v) is 5.94. The molecule has 0 spiro atoms. The van der Waals surface area contributed by atoms with E-state index in [-0.39, 0.29) is 0 Å². The number of nitrogens with one attached hydrogen (secondary N) is 1. The summed E-state index contributed by atoms with van der Waals surface area (Å²) in [7, 11) is 0. The fourth-order valence-electron chi connectivity index (χ4n) is 0.977. The number of imidazole rings is 1. The van der Waals surface area contributed by atoms with Crippen molar-refractivity contribution < 1.29 is 1.41 Å². The average Bonchev–Trinajstić information content (AvgIpc) is 2.53. The summed E-state index contributed by atoms with van der Waals surface area (Å²) in [4.78, 5) is 5.32. The number of aromatic amines is 1. The number of benzene rings is 1. The zero-order valence-electron chi connectivity index (χ0n) is 6.94. The summed E-state index contributed by atoms with van der Waals surface area (Å²) in [6, 6.07) is 9.69. The normalized spacial score (nSPS) is 11.1. The van der Waals surface area contributed by atoms with Crippen LogP contribution in [0.4, 0.5) is 0 Å². The molecule has 1 aromatic carbocycles. The molecule has 1 aromatic heterocycles. The molecular weight excluding hydrogens is 136 g/mol. The molecule has 0 saturated heterocycles. The molecule has 2 nitrogen and oxygen atoms in total. The van der Waals surface area contributed by atoms with Gasteiger partial charge in [-0.25, -0.2) is 4.98 Å². The van der Waals surface area contributed by atoms with Gasteiger partial charge in [-0.2, -0.15) is 0 Å². The second kappa shape index (κ2) is 2.58. The van der Waals surface area contributed by atoms with E-state index in [9.17, 15) is 0 Å². The van der Waals surface area contributed by atoms with Crippen molar-refractivity contribution in [2.75, 3.05) is 0 Å². The predicted molar refractivity (Wildman–Crippen MR) is 44.0 cm³/mol. The lowest BCUT2D eigenvalue weighted by molar-refractivity contribution is 1.31. The van der Waals surface area contributed by atoms with Crippen molar-refractivity contribution >= 4 is 0 Å². The highest BCUT2D eigenvalue weighted by Gasteiger charge is 1.94. The van der Waals surface area contributed by atoms with Crippen LogP contribution >= 0.6 is 0 Å². The van der Waals surface area contributed by atoms with Crippen molar-refractivity contribution in [1.29, 1.82) is 0 Å². The molecule has 0 atom stereocenters. The Kier molecular flexibility index (Phi) is 1.20. The van der Waals surface area contributed by atoms with Gasteiger partial charge in [-0.05, 0) is 0 Å². The molecule has 0 bridgehead atoms. The monoisotopic (exact) mass is 145 g/mol. The Bertz CT molecular complexity index is 367. The van der Waals surface area contributed by atoms with Crippen LogP contribution in [0.2, 0.25) is 1.41 Å². The first-order chi connectivity index (χ1) is 5.88. The van der Waals surface area contributed by atoms with Crippen LogP contribution in [0.5, 0.6) is 0 Å². The fraction of sp³-hybridized carbons (Fsp3) is 0. The average molecular weight is 145 g/mol. The molecule has 0 aliphatic heterocycles. The highest BCUT2D eigenvalue weighted by molar-refractivity contribution is 5.53. The Balaban J connectivity index is 2.51. The molecule has 54 valence electrons. The minimum Gasteiger partial charge on any atom is -0.345 e. The number of hydrogen-bond acceptors (Lipinski definition) is 1. The first-order valence-electron chi connectivity index (χ1n) is 3.90. The largest absolute Gasteiger partial charge is 0.345 e. The third-order valence-corrected chi connectivity index (χ3v) is 1.49. The van der Waals surface area contributed by atoms with Crippen molar-refractivity contribution in [3.05, 3.63) is 42.7 Å². The smallest absolute Gasteiger partial charge is 0.168 e. The lowest BCUT2D eigenvalue weighted by atomic mass is 10.2. The highest BCUT2D eigenvalue weighted by Crippen LogP contribution is 2.11. The Hall–Kier alpha value is -1.57. The van der Waals surface area contributed by atoms with Gasteiger partial charge in [0.15, 0.2) is 1.41 Å². The molecule has 2 heteroatoms.